The van der Waals surface area contributed by atoms with E-state index in [2.05, 4.69) is 69.1 Å². The number of piperazine rings is 1. The van der Waals surface area contributed by atoms with Crippen LogP contribution in [-0.2, 0) is 4.79 Å². The van der Waals surface area contributed by atoms with Crippen LogP contribution >= 0.6 is 0 Å². The molecule has 0 unspecified atom stereocenters. The van der Waals surface area contributed by atoms with Gasteiger partial charge in [0.1, 0.15) is 0 Å². The van der Waals surface area contributed by atoms with Crippen molar-refractivity contribution >= 4 is 36.6 Å². The Morgan fingerprint density at radius 1 is 0.903 bits per heavy atom. The van der Waals surface area contributed by atoms with Crippen LogP contribution in [0.15, 0.2) is 0 Å². The maximum absolute atomic E-state index is 13.4. The second-order valence-corrected chi connectivity index (χ2v) is 16.9. The molecule has 0 spiro atoms. The van der Waals surface area contributed by atoms with Gasteiger partial charge in [0.2, 0.25) is 21.1 Å². The zero-order valence-corrected chi connectivity index (χ0v) is 24.2. The average molecular weight is 462 g/mol. The summed E-state index contributed by atoms with van der Waals surface area (Å²) in [6.45, 7) is 26.6. The number of carbonyl (C=O) groups is 1. The van der Waals surface area contributed by atoms with Crippen LogP contribution in [0.25, 0.3) is 0 Å². The summed E-state index contributed by atoms with van der Waals surface area (Å²) < 4.78 is 4.37. The van der Waals surface area contributed by atoms with Gasteiger partial charge in [0, 0.05) is 38.1 Å². The van der Waals surface area contributed by atoms with Crippen LogP contribution in [0.5, 0.6) is 0 Å². The summed E-state index contributed by atoms with van der Waals surface area (Å²) in [4.78, 5) is 18.2. The van der Waals surface area contributed by atoms with Crippen LogP contribution in [0, 0.1) is 16.7 Å². The molecule has 31 heavy (non-hydrogen) atoms. The lowest BCUT2D eigenvalue weighted by Crippen LogP contribution is -2.51. The van der Waals surface area contributed by atoms with Crippen molar-refractivity contribution in [2.45, 2.75) is 89.5 Å². The number of rotatable bonds is 10. The molecule has 1 amide bonds. The van der Waals surface area contributed by atoms with Crippen molar-refractivity contribution in [3.63, 3.8) is 0 Å². The van der Waals surface area contributed by atoms with Crippen molar-refractivity contribution in [1.29, 1.82) is 0 Å². The average Bonchev–Trinajstić information content (AvgIpc) is 2.67. The second-order valence-electron chi connectivity index (χ2n) is 12.4. The quantitative estimate of drug-likeness (QED) is 0.442. The number of amides is 1. The number of hydrogen-bond donors (Lipinski definition) is 0. The number of piperidine rings is 1. The molecule has 176 valence electrons. The van der Waals surface area contributed by atoms with E-state index >= 15 is 0 Å². The number of likely N-dealkylation sites (tertiary alicyclic amines) is 1. The fourth-order valence-corrected chi connectivity index (χ4v) is 8.15. The summed E-state index contributed by atoms with van der Waals surface area (Å²) in [5.74, 6) is 1.16. The van der Waals surface area contributed by atoms with Crippen molar-refractivity contribution in [1.82, 2.24) is 13.7 Å². The van der Waals surface area contributed by atoms with Crippen LogP contribution < -0.4 is 0 Å². The molecule has 0 bridgehead atoms. The molecule has 6 heteroatoms. The van der Waals surface area contributed by atoms with E-state index in [1.165, 1.54) is 50.8 Å². The molecule has 0 saturated carbocycles. The fourth-order valence-electron chi connectivity index (χ4n) is 5.53. The maximum Gasteiger partial charge on any atom is 0.325 e. The van der Waals surface area contributed by atoms with Gasteiger partial charge in [-0.15, -0.1) is 0 Å². The normalized spacial score (nSPS) is 20.5. The Labute approximate surface area is 206 Å². The summed E-state index contributed by atoms with van der Waals surface area (Å²) in [6.07, 6.45) is 3.36. The third-order valence-corrected chi connectivity index (χ3v) is 10.8. The van der Waals surface area contributed by atoms with Crippen molar-refractivity contribution in [3.05, 3.63) is 0 Å². The largest absolute Gasteiger partial charge is 0.390 e. The Hall–Kier alpha value is 0.455. The smallest absolute Gasteiger partial charge is 0.325 e. The molecule has 2 aliphatic rings. The van der Waals surface area contributed by atoms with E-state index in [4.69, 9.17) is 0 Å². The van der Waals surface area contributed by atoms with Gasteiger partial charge in [0.15, 0.2) is 0 Å². The highest BCUT2D eigenvalue weighted by Gasteiger charge is 2.38. The molecule has 0 N–H and O–H groups in total. The lowest BCUT2D eigenvalue weighted by Gasteiger charge is -2.42. The lowest BCUT2D eigenvalue weighted by atomic mass is 9.75. The van der Waals surface area contributed by atoms with Crippen molar-refractivity contribution in [2.75, 3.05) is 45.8 Å². The predicted octanol–water partition coefficient (Wildman–Crippen LogP) is 4.68. The zero-order chi connectivity index (χ0) is 23.2. The fraction of sp³-hybridized carbons (Fsp3) is 0.960. The first-order valence-electron chi connectivity index (χ1n) is 12.8. The lowest BCUT2D eigenvalue weighted by molar-refractivity contribution is -0.143. The molecule has 0 aromatic carbocycles. The first kappa shape index (κ1) is 27.7. The highest BCUT2D eigenvalue weighted by Crippen LogP contribution is 2.39. The number of carbonyl (C=O) groups excluding carboxylic acids is 1. The van der Waals surface area contributed by atoms with E-state index in [9.17, 15) is 4.79 Å². The van der Waals surface area contributed by atoms with Gasteiger partial charge in [0.05, 0.1) is 0 Å². The van der Waals surface area contributed by atoms with E-state index in [0.717, 1.165) is 35.0 Å². The predicted molar refractivity (Wildman–Crippen MR) is 136 cm³/mol. The van der Waals surface area contributed by atoms with E-state index < -0.39 is 0 Å². The third-order valence-electron chi connectivity index (χ3n) is 6.98. The molecular formula is C25H49Al2N3O. The van der Waals surface area contributed by atoms with Gasteiger partial charge in [-0.1, -0.05) is 70.2 Å². The zero-order valence-electron chi connectivity index (χ0n) is 21.9. The van der Waals surface area contributed by atoms with Gasteiger partial charge in [0.25, 0.3) is 0 Å². The Balaban J connectivity index is 1.75. The SMILES string of the molecule is C[CH](C)[Al][CH2]C(C)(C)CC(C)(C)C(=O)N1CCC(CN2CC[N]([Al][CH](C)C)CC2)CC1. The minimum Gasteiger partial charge on any atom is -0.390 e. The van der Waals surface area contributed by atoms with Crippen molar-refractivity contribution < 1.29 is 4.79 Å². The molecule has 2 heterocycles. The summed E-state index contributed by atoms with van der Waals surface area (Å²) in [6, 6.07) is 0. The number of hydrogen-bond acceptors (Lipinski definition) is 3. The topological polar surface area (TPSA) is 26.8 Å². The summed E-state index contributed by atoms with van der Waals surface area (Å²) >= 11 is 0.948. The molecular weight excluding hydrogens is 412 g/mol. The molecule has 4 nitrogen and oxygen atoms in total. The first-order chi connectivity index (χ1) is 14.4. The minimum absolute atomic E-state index is 0.248. The van der Waals surface area contributed by atoms with Gasteiger partial charge in [-0.2, -0.15) is 0 Å². The molecule has 0 aromatic heterocycles. The van der Waals surface area contributed by atoms with Crippen LogP contribution in [0.2, 0.25) is 14.8 Å². The summed E-state index contributed by atoms with van der Waals surface area (Å²) in [5.41, 5.74) is 0.0122. The number of nitrogens with zero attached hydrogens (tertiary/aromatic N) is 3. The Bertz CT molecular complexity index is 549. The molecule has 2 aliphatic heterocycles. The van der Waals surface area contributed by atoms with Gasteiger partial charge in [-0.05, 0) is 43.7 Å². The third kappa shape index (κ3) is 9.69. The van der Waals surface area contributed by atoms with Crippen LogP contribution in [0.1, 0.15) is 74.7 Å². The summed E-state index contributed by atoms with van der Waals surface area (Å²) in [7, 11) is 0. The highest BCUT2D eigenvalue weighted by molar-refractivity contribution is 6.37. The Morgan fingerprint density at radius 3 is 2.00 bits per heavy atom. The minimum atomic E-state index is -0.248. The highest BCUT2D eigenvalue weighted by atomic mass is 27.1. The molecule has 0 atom stereocenters. The van der Waals surface area contributed by atoms with E-state index in [-0.39, 0.29) is 10.8 Å². The van der Waals surface area contributed by atoms with E-state index in [0.29, 0.717) is 36.6 Å². The maximum atomic E-state index is 13.4. The van der Waals surface area contributed by atoms with Crippen LogP contribution in [0.3, 0.4) is 0 Å². The van der Waals surface area contributed by atoms with Gasteiger partial charge in [-0.25, -0.2) is 0 Å². The van der Waals surface area contributed by atoms with Crippen molar-refractivity contribution in [3.8, 4) is 0 Å². The van der Waals surface area contributed by atoms with Crippen LogP contribution in [-0.4, -0.2) is 96.1 Å². The standard InChI is InChI=1S/C19H35N3O.2C3H7.2Al/c1-18(2,3)15-19(4,5)17(23)22-10-6-16(7-11-22)14-21-12-8-20-9-13-21;2*1-3-2;;/h16H,1,6-15H2,2-5H3;2*3H,1-2H3;;/q-1;;;;+1. The summed E-state index contributed by atoms with van der Waals surface area (Å²) in [5, 5.41) is 1.29. The van der Waals surface area contributed by atoms with E-state index in [1.807, 2.05) is 0 Å². The van der Waals surface area contributed by atoms with Gasteiger partial charge < -0.3 is 13.7 Å². The van der Waals surface area contributed by atoms with Crippen LogP contribution in [0.4, 0.5) is 0 Å². The molecule has 2 radical (unpaired) electrons. The molecule has 2 fully saturated rings. The first-order valence-corrected chi connectivity index (χ1v) is 15.5. The molecule has 0 aromatic rings. The van der Waals surface area contributed by atoms with Gasteiger partial charge in [-0.3, -0.25) is 4.79 Å². The monoisotopic (exact) mass is 461 g/mol. The van der Waals surface area contributed by atoms with Crippen molar-refractivity contribution in [2.24, 2.45) is 16.7 Å². The van der Waals surface area contributed by atoms with E-state index in [1.54, 1.807) is 0 Å². The molecule has 0 aliphatic carbocycles. The Morgan fingerprint density at radius 2 is 1.48 bits per heavy atom. The molecule has 2 rings (SSSR count). The second kappa shape index (κ2) is 12.2. The van der Waals surface area contributed by atoms with Gasteiger partial charge >= 0.3 is 15.4 Å². The molecule has 2 saturated heterocycles. The Kier molecular flexibility index (Phi) is 10.9.